The average Bonchev–Trinajstić information content (AvgIpc) is 2.51. The van der Waals surface area contributed by atoms with Crippen molar-refractivity contribution in [2.75, 3.05) is 44.7 Å². The van der Waals surface area contributed by atoms with Crippen LogP contribution in [0.4, 0.5) is 5.69 Å². The standard InChI is InChI=1S/C13H19NO.C5H12N2/c1-4-5-9-14(10-15)13-11(2)7-6-8-12(13)3;1-7-4-2-6-3-5-7/h6-8,10H,4-5,9H2,1-3H3;6H,2-5H2,1H3. The third-order valence-electron chi connectivity index (χ3n) is 3.95. The zero-order valence-electron chi connectivity index (χ0n) is 14.6. The van der Waals surface area contributed by atoms with Crippen LogP contribution in [0, 0.1) is 13.8 Å². The second-order valence-corrected chi connectivity index (χ2v) is 5.95. The molecule has 0 atom stereocenters. The van der Waals surface area contributed by atoms with Gasteiger partial charge in [-0.1, -0.05) is 31.5 Å². The molecule has 0 saturated carbocycles. The molecule has 1 amide bonds. The number of anilines is 1. The number of aryl methyl sites for hydroxylation is 2. The molecule has 1 saturated heterocycles. The minimum Gasteiger partial charge on any atom is -0.314 e. The molecule has 0 radical (unpaired) electrons. The van der Waals surface area contributed by atoms with Crippen molar-refractivity contribution >= 4 is 12.1 Å². The van der Waals surface area contributed by atoms with Crippen molar-refractivity contribution in [1.29, 1.82) is 0 Å². The molecule has 1 aromatic carbocycles. The van der Waals surface area contributed by atoms with Crippen molar-refractivity contribution in [1.82, 2.24) is 10.2 Å². The van der Waals surface area contributed by atoms with Crippen molar-refractivity contribution in [2.24, 2.45) is 0 Å². The van der Waals surface area contributed by atoms with E-state index < -0.39 is 0 Å². The lowest BCUT2D eigenvalue weighted by molar-refractivity contribution is -0.107. The number of unbranched alkanes of at least 4 members (excludes halogenated alkanes) is 1. The van der Waals surface area contributed by atoms with Crippen LogP contribution in [0.3, 0.4) is 0 Å². The van der Waals surface area contributed by atoms with Crippen molar-refractivity contribution in [3.8, 4) is 0 Å². The number of carbonyl (C=O) groups is 1. The molecule has 1 N–H and O–H groups in total. The predicted octanol–water partition coefficient (Wildman–Crippen LogP) is 2.59. The van der Waals surface area contributed by atoms with Crippen molar-refractivity contribution in [3.63, 3.8) is 0 Å². The van der Waals surface area contributed by atoms with E-state index in [0.717, 1.165) is 44.6 Å². The molecule has 0 unspecified atom stereocenters. The highest BCUT2D eigenvalue weighted by molar-refractivity contribution is 5.78. The van der Waals surface area contributed by atoms with Gasteiger partial charge in [-0.2, -0.15) is 0 Å². The van der Waals surface area contributed by atoms with Gasteiger partial charge in [-0.25, -0.2) is 0 Å². The summed E-state index contributed by atoms with van der Waals surface area (Å²) < 4.78 is 0. The summed E-state index contributed by atoms with van der Waals surface area (Å²) in [7, 11) is 2.15. The summed E-state index contributed by atoms with van der Waals surface area (Å²) in [5, 5.41) is 3.27. The molecule has 1 aliphatic rings. The van der Waals surface area contributed by atoms with Gasteiger partial charge in [-0.05, 0) is 38.4 Å². The summed E-state index contributed by atoms with van der Waals surface area (Å²) in [5.74, 6) is 0. The van der Waals surface area contributed by atoms with E-state index in [9.17, 15) is 4.79 Å². The van der Waals surface area contributed by atoms with E-state index in [2.05, 4.69) is 24.2 Å². The molecular weight excluding hydrogens is 274 g/mol. The van der Waals surface area contributed by atoms with Crippen LogP contribution in [0.1, 0.15) is 30.9 Å². The molecule has 4 heteroatoms. The fraction of sp³-hybridized carbons (Fsp3) is 0.611. The summed E-state index contributed by atoms with van der Waals surface area (Å²) in [4.78, 5) is 15.2. The van der Waals surface area contributed by atoms with E-state index in [1.807, 2.05) is 36.9 Å². The monoisotopic (exact) mass is 305 g/mol. The lowest BCUT2D eigenvalue weighted by Crippen LogP contribution is -2.40. The molecule has 1 aliphatic heterocycles. The number of rotatable bonds is 5. The van der Waals surface area contributed by atoms with Crippen molar-refractivity contribution < 1.29 is 4.79 Å². The lowest BCUT2D eigenvalue weighted by Gasteiger charge is -2.21. The Hall–Kier alpha value is -1.39. The number of nitrogens with one attached hydrogen (secondary N) is 1. The molecule has 1 heterocycles. The van der Waals surface area contributed by atoms with Gasteiger partial charge < -0.3 is 15.1 Å². The summed E-state index contributed by atoms with van der Waals surface area (Å²) >= 11 is 0. The van der Waals surface area contributed by atoms with Crippen LogP contribution in [0.25, 0.3) is 0 Å². The number of hydrogen-bond acceptors (Lipinski definition) is 3. The van der Waals surface area contributed by atoms with Crippen LogP contribution in [0.15, 0.2) is 18.2 Å². The van der Waals surface area contributed by atoms with Crippen molar-refractivity contribution in [3.05, 3.63) is 29.3 Å². The van der Waals surface area contributed by atoms with Crippen LogP contribution in [-0.4, -0.2) is 51.1 Å². The van der Waals surface area contributed by atoms with E-state index in [-0.39, 0.29) is 0 Å². The summed E-state index contributed by atoms with van der Waals surface area (Å²) in [6.07, 6.45) is 3.09. The van der Waals surface area contributed by atoms with Crippen molar-refractivity contribution in [2.45, 2.75) is 33.6 Å². The van der Waals surface area contributed by atoms with Crippen LogP contribution < -0.4 is 10.2 Å². The van der Waals surface area contributed by atoms with Crippen LogP contribution in [0.2, 0.25) is 0 Å². The first-order chi connectivity index (χ1) is 10.6. The SMILES string of the molecule is CCCCN(C=O)c1c(C)cccc1C.CN1CCNCC1. The molecule has 1 aromatic rings. The Balaban J connectivity index is 0.000000287. The number of hydrogen-bond donors (Lipinski definition) is 1. The van der Waals surface area contributed by atoms with Gasteiger partial charge >= 0.3 is 0 Å². The average molecular weight is 305 g/mol. The first kappa shape index (κ1) is 18.7. The zero-order valence-corrected chi connectivity index (χ0v) is 14.6. The Kier molecular flexibility index (Phi) is 8.78. The predicted molar refractivity (Wildman–Crippen MR) is 94.6 cm³/mol. The van der Waals surface area contributed by atoms with Gasteiger partial charge in [0.05, 0.1) is 0 Å². The van der Waals surface area contributed by atoms with Gasteiger partial charge in [-0.3, -0.25) is 4.79 Å². The third kappa shape index (κ3) is 6.16. The van der Waals surface area contributed by atoms with Gasteiger partial charge in [0, 0.05) is 38.4 Å². The topological polar surface area (TPSA) is 35.6 Å². The molecule has 0 aliphatic carbocycles. The Morgan fingerprint density at radius 1 is 1.23 bits per heavy atom. The Labute approximate surface area is 135 Å². The molecule has 1 fully saturated rings. The minimum atomic E-state index is 0.811. The fourth-order valence-electron chi connectivity index (χ4n) is 2.58. The lowest BCUT2D eigenvalue weighted by atomic mass is 10.1. The number of likely N-dealkylation sites (N-methyl/N-ethyl adjacent to an activating group) is 1. The molecule has 2 rings (SSSR count). The number of piperazine rings is 1. The first-order valence-electron chi connectivity index (χ1n) is 8.27. The molecule has 124 valence electrons. The highest BCUT2D eigenvalue weighted by Gasteiger charge is 2.09. The maximum absolute atomic E-state index is 11.0. The maximum atomic E-state index is 11.0. The first-order valence-corrected chi connectivity index (χ1v) is 8.27. The molecule has 4 nitrogen and oxygen atoms in total. The normalized spacial score (nSPS) is 14.9. The Bertz CT molecular complexity index is 422. The summed E-state index contributed by atoms with van der Waals surface area (Å²) in [6.45, 7) is 11.8. The van der Waals surface area contributed by atoms with Gasteiger partial charge in [0.25, 0.3) is 0 Å². The number of amides is 1. The number of para-hydroxylation sites is 1. The van der Waals surface area contributed by atoms with Gasteiger partial charge in [-0.15, -0.1) is 0 Å². The second kappa shape index (κ2) is 10.4. The number of benzene rings is 1. The largest absolute Gasteiger partial charge is 0.314 e. The summed E-state index contributed by atoms with van der Waals surface area (Å²) in [5.41, 5.74) is 3.40. The van der Waals surface area contributed by atoms with E-state index >= 15 is 0 Å². The van der Waals surface area contributed by atoms with E-state index in [0.29, 0.717) is 0 Å². The molecule has 0 spiro atoms. The van der Waals surface area contributed by atoms with Gasteiger partial charge in [0.1, 0.15) is 0 Å². The van der Waals surface area contributed by atoms with E-state index in [1.54, 1.807) is 0 Å². The number of carbonyl (C=O) groups excluding carboxylic acids is 1. The Morgan fingerprint density at radius 2 is 1.82 bits per heavy atom. The molecular formula is C18H31N3O. The fourth-order valence-corrected chi connectivity index (χ4v) is 2.58. The smallest absolute Gasteiger partial charge is 0.214 e. The highest BCUT2D eigenvalue weighted by atomic mass is 16.1. The maximum Gasteiger partial charge on any atom is 0.214 e. The second-order valence-electron chi connectivity index (χ2n) is 5.95. The van der Waals surface area contributed by atoms with Crippen LogP contribution in [0.5, 0.6) is 0 Å². The molecule has 0 aromatic heterocycles. The molecule has 0 bridgehead atoms. The van der Waals surface area contributed by atoms with Crippen LogP contribution in [-0.2, 0) is 4.79 Å². The van der Waals surface area contributed by atoms with Gasteiger partial charge in [0.15, 0.2) is 0 Å². The zero-order chi connectivity index (χ0) is 16.4. The Morgan fingerprint density at radius 3 is 2.23 bits per heavy atom. The van der Waals surface area contributed by atoms with Gasteiger partial charge in [0.2, 0.25) is 6.41 Å². The third-order valence-corrected chi connectivity index (χ3v) is 3.95. The highest BCUT2D eigenvalue weighted by Crippen LogP contribution is 2.23. The number of nitrogens with zero attached hydrogens (tertiary/aromatic N) is 2. The quantitative estimate of drug-likeness (QED) is 0.849. The van der Waals surface area contributed by atoms with E-state index in [1.165, 1.54) is 24.2 Å². The minimum absolute atomic E-state index is 0.811. The molecule has 22 heavy (non-hydrogen) atoms. The van der Waals surface area contributed by atoms with Crippen LogP contribution >= 0.6 is 0 Å². The summed E-state index contributed by atoms with van der Waals surface area (Å²) in [6, 6.07) is 6.12. The van der Waals surface area contributed by atoms with E-state index in [4.69, 9.17) is 0 Å².